The van der Waals surface area contributed by atoms with Crippen molar-refractivity contribution in [3.63, 3.8) is 0 Å². The molecule has 2 atom stereocenters. The summed E-state index contributed by atoms with van der Waals surface area (Å²) in [6.07, 6.45) is 0. The molecule has 0 amide bonds. The molecule has 0 bridgehead atoms. The highest BCUT2D eigenvalue weighted by atomic mass is 19.1. The molecule has 1 aromatic rings. The maximum atomic E-state index is 14.0. The van der Waals surface area contributed by atoms with Crippen LogP contribution in [0.4, 0.5) is 15.8 Å². The molecule has 5 nitrogen and oxygen atoms in total. The number of hydrogen-bond acceptors (Lipinski definition) is 5. The minimum atomic E-state index is -0.584. The van der Waals surface area contributed by atoms with E-state index in [1.54, 1.807) is 0 Å². The highest BCUT2D eigenvalue weighted by molar-refractivity contribution is 5.75. The fraction of sp³-hybridized carbons (Fsp3) is 0.417. The molecular weight excluding hydrogens is 239 g/mol. The van der Waals surface area contributed by atoms with Crippen molar-refractivity contribution in [1.29, 1.82) is 0 Å². The van der Waals surface area contributed by atoms with Gasteiger partial charge in [-0.3, -0.25) is 4.79 Å². The molecule has 1 fully saturated rings. The molecule has 1 aliphatic heterocycles. The smallest absolute Gasteiger partial charge is 0.311 e. The zero-order valence-electron chi connectivity index (χ0n) is 9.98. The van der Waals surface area contributed by atoms with E-state index in [2.05, 4.69) is 4.74 Å². The first kappa shape index (κ1) is 12.6. The molecule has 0 saturated carbocycles. The van der Waals surface area contributed by atoms with Gasteiger partial charge in [0.1, 0.15) is 0 Å². The Morgan fingerprint density at radius 3 is 2.83 bits per heavy atom. The van der Waals surface area contributed by atoms with Crippen LogP contribution in [0.25, 0.3) is 0 Å². The summed E-state index contributed by atoms with van der Waals surface area (Å²) in [4.78, 5) is 11.6. The van der Waals surface area contributed by atoms with E-state index in [0.717, 1.165) is 0 Å². The van der Waals surface area contributed by atoms with Crippen molar-refractivity contribution in [3.8, 4) is 0 Å². The van der Waals surface area contributed by atoms with E-state index in [0.29, 0.717) is 5.56 Å². The minimum absolute atomic E-state index is 0.0944. The normalized spacial score (nSPS) is 23.0. The molecule has 0 spiro atoms. The molecule has 1 aromatic carbocycles. The van der Waals surface area contributed by atoms with Crippen molar-refractivity contribution in [2.24, 2.45) is 5.92 Å². The molecule has 1 heterocycles. The zero-order valence-corrected chi connectivity index (χ0v) is 9.98. The summed E-state index contributed by atoms with van der Waals surface area (Å²) >= 11 is 0. The third kappa shape index (κ3) is 1.99. The molecule has 0 radical (unpaired) electrons. The van der Waals surface area contributed by atoms with Gasteiger partial charge in [-0.05, 0) is 11.6 Å². The molecule has 98 valence electrons. The number of benzene rings is 1. The van der Waals surface area contributed by atoms with Gasteiger partial charge in [-0.25, -0.2) is 4.39 Å². The van der Waals surface area contributed by atoms with Crippen LogP contribution in [0, 0.1) is 11.7 Å². The van der Waals surface area contributed by atoms with Crippen LogP contribution in [0.5, 0.6) is 0 Å². The first-order valence-corrected chi connectivity index (χ1v) is 5.55. The van der Waals surface area contributed by atoms with Crippen molar-refractivity contribution in [2.75, 3.05) is 31.8 Å². The number of rotatable bonds is 2. The number of nitrogens with two attached hydrogens (primary N) is 2. The highest BCUT2D eigenvalue weighted by Gasteiger charge is 2.37. The fourth-order valence-corrected chi connectivity index (χ4v) is 2.16. The fourth-order valence-electron chi connectivity index (χ4n) is 2.16. The standard InChI is InChI=1S/C12H15FN2O3/c1-17-12(16)8-5-18-4-7(8)6-2-3-9(14)11(15)10(6)13/h2-3,7-8H,4-5,14-15H2,1H3. The number of ether oxygens (including phenoxy) is 2. The van der Waals surface area contributed by atoms with Crippen molar-refractivity contribution < 1.29 is 18.7 Å². The van der Waals surface area contributed by atoms with E-state index < -0.39 is 17.7 Å². The van der Waals surface area contributed by atoms with Gasteiger partial charge >= 0.3 is 5.97 Å². The van der Waals surface area contributed by atoms with E-state index in [1.807, 2.05) is 0 Å². The Labute approximate surface area is 104 Å². The highest BCUT2D eigenvalue weighted by Crippen LogP contribution is 2.36. The predicted octanol–water partition coefficient (Wildman–Crippen LogP) is 0.893. The maximum absolute atomic E-state index is 14.0. The van der Waals surface area contributed by atoms with Crippen LogP contribution in [0.15, 0.2) is 12.1 Å². The Kier molecular flexibility index (Phi) is 3.38. The second-order valence-corrected chi connectivity index (χ2v) is 4.25. The summed E-state index contributed by atoms with van der Waals surface area (Å²) in [6, 6.07) is 3.07. The Hall–Kier alpha value is -1.82. The average Bonchev–Trinajstić information content (AvgIpc) is 2.84. The summed E-state index contributed by atoms with van der Waals surface area (Å²) < 4.78 is 24.0. The molecule has 0 aliphatic carbocycles. The van der Waals surface area contributed by atoms with E-state index in [-0.39, 0.29) is 30.5 Å². The van der Waals surface area contributed by atoms with Crippen molar-refractivity contribution >= 4 is 17.3 Å². The van der Waals surface area contributed by atoms with E-state index in [4.69, 9.17) is 16.2 Å². The van der Waals surface area contributed by atoms with Crippen molar-refractivity contribution in [1.82, 2.24) is 0 Å². The zero-order chi connectivity index (χ0) is 13.3. The lowest BCUT2D eigenvalue weighted by molar-refractivity contribution is -0.145. The number of methoxy groups -OCH3 is 1. The summed E-state index contributed by atoms with van der Waals surface area (Å²) in [6.45, 7) is 0.487. The van der Waals surface area contributed by atoms with Gasteiger partial charge in [-0.2, -0.15) is 0 Å². The molecule has 18 heavy (non-hydrogen) atoms. The second kappa shape index (κ2) is 4.81. The first-order chi connectivity index (χ1) is 8.56. The molecular formula is C12H15FN2O3. The Morgan fingerprint density at radius 2 is 2.17 bits per heavy atom. The maximum Gasteiger partial charge on any atom is 0.311 e. The predicted molar refractivity (Wildman–Crippen MR) is 64.3 cm³/mol. The van der Waals surface area contributed by atoms with Crippen molar-refractivity contribution in [2.45, 2.75) is 5.92 Å². The second-order valence-electron chi connectivity index (χ2n) is 4.25. The Balaban J connectivity index is 2.36. The number of carbonyl (C=O) groups is 1. The molecule has 2 unspecified atom stereocenters. The number of nitrogen functional groups attached to an aromatic ring is 2. The quantitative estimate of drug-likeness (QED) is 0.604. The Morgan fingerprint density at radius 1 is 1.44 bits per heavy atom. The topological polar surface area (TPSA) is 87.6 Å². The number of carbonyl (C=O) groups excluding carboxylic acids is 1. The molecule has 6 heteroatoms. The average molecular weight is 254 g/mol. The molecule has 2 rings (SSSR count). The molecule has 1 saturated heterocycles. The summed E-state index contributed by atoms with van der Waals surface area (Å²) in [5.74, 6) is -1.89. The van der Waals surface area contributed by atoms with Crippen LogP contribution in [0.1, 0.15) is 11.5 Å². The summed E-state index contributed by atoms with van der Waals surface area (Å²) in [7, 11) is 1.30. The summed E-state index contributed by atoms with van der Waals surface area (Å²) in [5.41, 5.74) is 11.5. The van der Waals surface area contributed by atoms with Gasteiger partial charge in [0.2, 0.25) is 0 Å². The lowest BCUT2D eigenvalue weighted by Crippen LogP contribution is -2.23. The van der Waals surface area contributed by atoms with E-state index >= 15 is 0 Å². The van der Waals surface area contributed by atoms with Crippen LogP contribution >= 0.6 is 0 Å². The van der Waals surface area contributed by atoms with Gasteiger partial charge < -0.3 is 20.9 Å². The summed E-state index contributed by atoms with van der Waals surface area (Å²) in [5, 5.41) is 0. The number of hydrogen-bond donors (Lipinski definition) is 2. The Bertz CT molecular complexity index is 479. The van der Waals surface area contributed by atoms with Crippen LogP contribution in [0.3, 0.4) is 0 Å². The van der Waals surface area contributed by atoms with Gasteiger partial charge in [0.15, 0.2) is 5.82 Å². The number of anilines is 2. The monoisotopic (exact) mass is 254 g/mol. The van der Waals surface area contributed by atoms with Crippen molar-refractivity contribution in [3.05, 3.63) is 23.5 Å². The SMILES string of the molecule is COC(=O)C1COCC1c1ccc(N)c(N)c1F. The van der Waals surface area contributed by atoms with Gasteiger partial charge in [-0.1, -0.05) is 6.07 Å². The van der Waals surface area contributed by atoms with E-state index in [9.17, 15) is 9.18 Å². The third-order valence-corrected chi connectivity index (χ3v) is 3.23. The minimum Gasteiger partial charge on any atom is -0.469 e. The lowest BCUT2D eigenvalue weighted by Gasteiger charge is -2.17. The van der Waals surface area contributed by atoms with Gasteiger partial charge in [0, 0.05) is 5.92 Å². The van der Waals surface area contributed by atoms with Gasteiger partial charge in [0.05, 0.1) is 37.6 Å². The van der Waals surface area contributed by atoms with Crippen LogP contribution in [0.2, 0.25) is 0 Å². The van der Waals surface area contributed by atoms with E-state index in [1.165, 1.54) is 19.2 Å². The van der Waals surface area contributed by atoms with Crippen LogP contribution < -0.4 is 11.5 Å². The molecule has 4 N–H and O–H groups in total. The lowest BCUT2D eigenvalue weighted by atomic mass is 9.88. The molecule has 1 aliphatic rings. The number of esters is 1. The first-order valence-electron chi connectivity index (χ1n) is 5.55. The number of halogens is 1. The largest absolute Gasteiger partial charge is 0.469 e. The van der Waals surface area contributed by atoms with Gasteiger partial charge in [-0.15, -0.1) is 0 Å². The van der Waals surface area contributed by atoms with Crippen LogP contribution in [-0.2, 0) is 14.3 Å². The third-order valence-electron chi connectivity index (χ3n) is 3.23. The van der Waals surface area contributed by atoms with Crippen LogP contribution in [-0.4, -0.2) is 26.3 Å². The van der Waals surface area contributed by atoms with Gasteiger partial charge in [0.25, 0.3) is 0 Å². The molecule has 0 aromatic heterocycles.